The average Bonchev–Trinajstić information content (AvgIpc) is 2.19. The van der Waals surface area contributed by atoms with Gasteiger partial charge in [-0.1, -0.05) is 18.2 Å². The summed E-state index contributed by atoms with van der Waals surface area (Å²) in [5, 5.41) is 2.71. The summed E-state index contributed by atoms with van der Waals surface area (Å²) in [6.07, 6.45) is 0.473. The third-order valence-electron chi connectivity index (χ3n) is 2.48. The molecule has 1 aliphatic heterocycles. The minimum Gasteiger partial charge on any atom is -0.307 e. The summed E-state index contributed by atoms with van der Waals surface area (Å²) in [4.78, 5) is 23.8. The van der Waals surface area contributed by atoms with Crippen LogP contribution >= 0.6 is 0 Å². The second kappa shape index (κ2) is 3.73. The van der Waals surface area contributed by atoms with E-state index in [1.165, 1.54) is 4.90 Å². The molecule has 0 saturated carbocycles. The highest BCUT2D eigenvalue weighted by Crippen LogP contribution is 2.16. The molecule has 1 aliphatic rings. The van der Waals surface area contributed by atoms with Crippen molar-refractivity contribution in [3.63, 3.8) is 0 Å². The molecule has 1 aromatic rings. The maximum atomic E-state index is 11.6. The molecule has 1 aromatic carbocycles. The number of nitrogens with one attached hydrogen (secondary N) is 1. The van der Waals surface area contributed by atoms with Gasteiger partial charge in [0.25, 0.3) is 0 Å². The van der Waals surface area contributed by atoms with Crippen molar-refractivity contribution in [2.24, 2.45) is 0 Å². The van der Waals surface area contributed by atoms with Crippen molar-refractivity contribution in [1.82, 2.24) is 4.90 Å². The molecule has 4 heteroatoms. The van der Waals surface area contributed by atoms with Gasteiger partial charge in [-0.25, -0.2) is 4.79 Å². The van der Waals surface area contributed by atoms with E-state index in [-0.39, 0.29) is 11.9 Å². The minimum atomic E-state index is -0.333. The van der Waals surface area contributed by atoms with E-state index < -0.39 is 0 Å². The predicted molar refractivity (Wildman–Crippen MR) is 56.5 cm³/mol. The number of carbonyl (C=O) groups excluding carboxylic acids is 2. The van der Waals surface area contributed by atoms with E-state index in [0.717, 1.165) is 11.3 Å². The number of likely N-dealkylation sites (tertiary alicyclic amines) is 1. The van der Waals surface area contributed by atoms with Gasteiger partial charge in [0.15, 0.2) is 0 Å². The van der Waals surface area contributed by atoms with Crippen LogP contribution < -0.4 is 5.32 Å². The van der Waals surface area contributed by atoms with Gasteiger partial charge in [0.2, 0.25) is 5.91 Å². The molecule has 0 bridgehead atoms. The van der Waals surface area contributed by atoms with E-state index in [9.17, 15) is 9.59 Å². The zero-order valence-corrected chi connectivity index (χ0v) is 8.49. The average molecular weight is 204 g/mol. The number of anilines is 1. The number of amides is 3. The molecule has 0 atom stereocenters. The molecule has 1 heterocycles. The van der Waals surface area contributed by atoms with E-state index in [1.54, 1.807) is 0 Å². The van der Waals surface area contributed by atoms with Crippen LogP contribution in [0.25, 0.3) is 0 Å². The molecule has 78 valence electrons. The first-order valence-corrected chi connectivity index (χ1v) is 4.85. The number of carbonyl (C=O) groups is 2. The fourth-order valence-electron chi connectivity index (χ4n) is 1.43. The van der Waals surface area contributed by atoms with Gasteiger partial charge in [0.1, 0.15) is 0 Å². The van der Waals surface area contributed by atoms with Crippen molar-refractivity contribution < 1.29 is 9.59 Å². The monoisotopic (exact) mass is 204 g/mol. The smallest absolute Gasteiger partial charge is 0.307 e. The summed E-state index contributed by atoms with van der Waals surface area (Å²) < 4.78 is 0. The lowest BCUT2D eigenvalue weighted by Crippen LogP contribution is -2.49. The Morgan fingerprint density at radius 3 is 2.67 bits per heavy atom. The molecule has 15 heavy (non-hydrogen) atoms. The summed E-state index contributed by atoms with van der Waals surface area (Å²) in [5.41, 5.74) is 1.74. The Bertz CT molecular complexity index is 415. The van der Waals surface area contributed by atoms with Crippen LogP contribution in [0.5, 0.6) is 0 Å². The van der Waals surface area contributed by atoms with Gasteiger partial charge in [0.05, 0.1) is 0 Å². The van der Waals surface area contributed by atoms with Crippen molar-refractivity contribution in [2.45, 2.75) is 13.3 Å². The van der Waals surface area contributed by atoms with Gasteiger partial charge < -0.3 is 5.32 Å². The molecular weight excluding hydrogens is 192 g/mol. The summed E-state index contributed by atoms with van der Waals surface area (Å²) >= 11 is 0. The number of benzene rings is 1. The summed E-state index contributed by atoms with van der Waals surface area (Å²) in [6, 6.07) is 7.14. The molecule has 1 N–H and O–H groups in total. The number of imide groups is 1. The summed E-state index contributed by atoms with van der Waals surface area (Å²) in [6.45, 7) is 2.43. The Kier molecular flexibility index (Phi) is 2.41. The highest BCUT2D eigenvalue weighted by molar-refractivity contribution is 6.04. The van der Waals surface area contributed by atoms with E-state index >= 15 is 0 Å². The molecule has 4 nitrogen and oxygen atoms in total. The van der Waals surface area contributed by atoms with Crippen molar-refractivity contribution in [2.75, 3.05) is 11.9 Å². The Hall–Kier alpha value is -1.84. The van der Waals surface area contributed by atoms with Crippen molar-refractivity contribution in [1.29, 1.82) is 0 Å². The quantitative estimate of drug-likeness (QED) is 0.708. The second-order valence-electron chi connectivity index (χ2n) is 3.54. The number of β-lactam (4-membered cyclic amide) rings is 1. The van der Waals surface area contributed by atoms with Crippen LogP contribution in [0.1, 0.15) is 12.0 Å². The second-order valence-corrected chi connectivity index (χ2v) is 3.54. The van der Waals surface area contributed by atoms with Gasteiger partial charge in [-0.2, -0.15) is 0 Å². The Balaban J connectivity index is 2.06. The topological polar surface area (TPSA) is 49.4 Å². The maximum absolute atomic E-state index is 11.6. The maximum Gasteiger partial charge on any atom is 0.328 e. The Morgan fingerprint density at radius 2 is 2.13 bits per heavy atom. The van der Waals surface area contributed by atoms with Crippen molar-refractivity contribution in [3.8, 4) is 0 Å². The third-order valence-corrected chi connectivity index (χ3v) is 2.48. The first-order chi connectivity index (χ1) is 7.18. The number of aryl methyl sites for hydroxylation is 1. The Labute approximate surface area is 87.9 Å². The molecule has 0 unspecified atom stereocenters. The highest BCUT2D eigenvalue weighted by atomic mass is 16.2. The molecule has 1 saturated heterocycles. The number of hydrogen-bond donors (Lipinski definition) is 1. The van der Waals surface area contributed by atoms with Gasteiger partial charge in [0, 0.05) is 18.7 Å². The first-order valence-electron chi connectivity index (χ1n) is 4.85. The fraction of sp³-hybridized carbons (Fsp3) is 0.273. The van der Waals surface area contributed by atoms with E-state index in [0.29, 0.717) is 13.0 Å². The Morgan fingerprint density at radius 1 is 1.40 bits per heavy atom. The molecule has 0 aromatic heterocycles. The highest BCUT2D eigenvalue weighted by Gasteiger charge is 2.29. The predicted octanol–water partition coefficient (Wildman–Crippen LogP) is 1.76. The lowest BCUT2D eigenvalue weighted by molar-refractivity contribution is -0.135. The summed E-state index contributed by atoms with van der Waals surface area (Å²) in [5.74, 6) is -0.110. The van der Waals surface area contributed by atoms with E-state index in [4.69, 9.17) is 0 Å². The first kappa shape index (κ1) is 9.71. The van der Waals surface area contributed by atoms with Crippen LogP contribution in [0.4, 0.5) is 10.5 Å². The molecule has 2 rings (SSSR count). The minimum absolute atomic E-state index is 0.110. The van der Waals surface area contributed by atoms with E-state index in [1.807, 2.05) is 31.2 Å². The van der Waals surface area contributed by atoms with Gasteiger partial charge in [-0.3, -0.25) is 9.69 Å². The molecule has 0 spiro atoms. The van der Waals surface area contributed by atoms with Gasteiger partial charge in [-0.05, 0) is 18.6 Å². The molecule has 1 fully saturated rings. The lowest BCUT2D eigenvalue weighted by Gasteiger charge is -2.28. The fourth-order valence-corrected chi connectivity index (χ4v) is 1.43. The van der Waals surface area contributed by atoms with Crippen LogP contribution in [0.3, 0.4) is 0 Å². The van der Waals surface area contributed by atoms with Crippen LogP contribution in [0, 0.1) is 6.92 Å². The van der Waals surface area contributed by atoms with Crippen molar-refractivity contribution >= 4 is 17.6 Å². The largest absolute Gasteiger partial charge is 0.328 e. The van der Waals surface area contributed by atoms with Gasteiger partial charge >= 0.3 is 6.03 Å². The number of para-hydroxylation sites is 1. The normalized spacial score (nSPS) is 14.7. The molecule has 0 radical (unpaired) electrons. The number of urea groups is 1. The van der Waals surface area contributed by atoms with Gasteiger partial charge in [-0.15, -0.1) is 0 Å². The molecule has 3 amide bonds. The standard InChI is InChI=1S/C11H12N2O2/c1-8-4-2-3-5-9(8)12-11(15)13-7-6-10(13)14/h2-5H,6-7H2,1H3,(H,12,15). The van der Waals surface area contributed by atoms with Crippen LogP contribution in [-0.2, 0) is 4.79 Å². The zero-order chi connectivity index (χ0) is 10.8. The van der Waals surface area contributed by atoms with E-state index in [2.05, 4.69) is 5.32 Å². The van der Waals surface area contributed by atoms with Crippen molar-refractivity contribution in [3.05, 3.63) is 29.8 Å². The lowest BCUT2D eigenvalue weighted by atomic mass is 10.2. The third kappa shape index (κ3) is 1.83. The van der Waals surface area contributed by atoms with Crippen LogP contribution in [0.2, 0.25) is 0 Å². The van der Waals surface area contributed by atoms with Crippen LogP contribution in [-0.4, -0.2) is 23.4 Å². The van der Waals surface area contributed by atoms with Crippen LogP contribution in [0.15, 0.2) is 24.3 Å². The zero-order valence-electron chi connectivity index (χ0n) is 8.49. The SMILES string of the molecule is Cc1ccccc1NC(=O)N1CCC1=O. The molecular formula is C11H12N2O2. The summed E-state index contributed by atoms with van der Waals surface area (Å²) in [7, 11) is 0. The number of rotatable bonds is 1. The molecule has 0 aliphatic carbocycles. The number of nitrogens with zero attached hydrogens (tertiary/aromatic N) is 1. The number of hydrogen-bond acceptors (Lipinski definition) is 2.